The zero-order valence-electron chi connectivity index (χ0n) is 4.55. The standard InChI is InChI=1S/C4H8N2Si/c1-4-5-2-3-6(4)7/h2-3H,1,7H3. The molecule has 0 aliphatic rings. The van der Waals surface area contributed by atoms with E-state index in [0.717, 1.165) is 16.2 Å². The number of hydrogen-bond acceptors (Lipinski definition) is 1. The Kier molecular flexibility index (Phi) is 0.980. The highest BCUT2D eigenvalue weighted by molar-refractivity contribution is 6.06. The average Bonchev–Trinajstić information content (AvgIpc) is 1.91. The highest BCUT2D eigenvalue weighted by Crippen LogP contribution is 1.85. The normalized spacial score (nSPS) is 9.86. The summed E-state index contributed by atoms with van der Waals surface area (Å²) in [7, 11) is 1.05. The van der Waals surface area contributed by atoms with Crippen LogP contribution in [0.1, 0.15) is 5.82 Å². The monoisotopic (exact) mass is 112 g/mol. The van der Waals surface area contributed by atoms with Gasteiger partial charge in [0.25, 0.3) is 0 Å². The predicted octanol–water partition coefficient (Wildman–Crippen LogP) is -0.680. The lowest BCUT2D eigenvalue weighted by atomic mass is 10.8. The first-order valence-corrected chi connectivity index (χ1v) is 3.14. The molecule has 1 heterocycles. The summed E-state index contributed by atoms with van der Waals surface area (Å²) in [4.78, 5) is 4.01. The first-order valence-electron chi connectivity index (χ1n) is 2.24. The molecule has 3 heteroatoms. The topological polar surface area (TPSA) is 17.8 Å². The van der Waals surface area contributed by atoms with E-state index in [1.807, 2.05) is 19.3 Å². The van der Waals surface area contributed by atoms with Crippen LogP contribution < -0.4 is 0 Å². The van der Waals surface area contributed by atoms with Crippen molar-refractivity contribution in [3.8, 4) is 0 Å². The summed E-state index contributed by atoms with van der Waals surface area (Å²) in [5.41, 5.74) is 0. The van der Waals surface area contributed by atoms with Gasteiger partial charge in [0, 0.05) is 12.4 Å². The van der Waals surface area contributed by atoms with E-state index >= 15 is 0 Å². The molecule has 0 bridgehead atoms. The molecule has 0 saturated carbocycles. The molecule has 0 unspecified atom stereocenters. The first kappa shape index (κ1) is 4.58. The average molecular weight is 112 g/mol. The lowest BCUT2D eigenvalue weighted by Gasteiger charge is -1.87. The fraction of sp³-hybridized carbons (Fsp3) is 0.250. The van der Waals surface area contributed by atoms with Crippen LogP contribution in [0.3, 0.4) is 0 Å². The maximum Gasteiger partial charge on any atom is 0.114 e. The van der Waals surface area contributed by atoms with Gasteiger partial charge in [-0.1, -0.05) is 0 Å². The van der Waals surface area contributed by atoms with E-state index in [-0.39, 0.29) is 0 Å². The van der Waals surface area contributed by atoms with Crippen LogP contribution in [-0.4, -0.2) is 19.6 Å². The summed E-state index contributed by atoms with van der Waals surface area (Å²) in [6, 6.07) is 0. The second-order valence-electron chi connectivity index (χ2n) is 1.59. The Bertz CT molecular complexity index is 142. The number of aromatic nitrogens is 2. The molecule has 0 fully saturated rings. The molecule has 2 nitrogen and oxygen atoms in total. The van der Waals surface area contributed by atoms with Crippen molar-refractivity contribution >= 4 is 10.4 Å². The van der Waals surface area contributed by atoms with Crippen LogP contribution in [0, 0.1) is 6.92 Å². The SMILES string of the molecule is Cc1nccn1[SiH3]. The third kappa shape index (κ3) is 0.717. The number of hydrogen-bond donors (Lipinski definition) is 0. The molecule has 0 spiro atoms. The summed E-state index contributed by atoms with van der Waals surface area (Å²) in [6.07, 6.45) is 3.81. The molecule has 1 rings (SSSR count). The largest absolute Gasteiger partial charge is 0.371 e. The van der Waals surface area contributed by atoms with Crippen molar-refractivity contribution < 1.29 is 0 Å². The number of imidazole rings is 1. The number of rotatable bonds is 0. The maximum atomic E-state index is 4.01. The van der Waals surface area contributed by atoms with Crippen molar-refractivity contribution in [3.63, 3.8) is 0 Å². The van der Waals surface area contributed by atoms with E-state index in [1.54, 1.807) is 0 Å². The van der Waals surface area contributed by atoms with Crippen molar-refractivity contribution in [2.75, 3.05) is 0 Å². The molecule has 38 valence electrons. The molecule has 1 aromatic heterocycles. The van der Waals surface area contributed by atoms with Crippen LogP contribution in [0.25, 0.3) is 0 Å². The highest BCUT2D eigenvalue weighted by atomic mass is 28.2. The molecular formula is C4H8N2Si. The van der Waals surface area contributed by atoms with Crippen LogP contribution in [0.15, 0.2) is 12.4 Å². The molecule has 1 aromatic rings. The third-order valence-electron chi connectivity index (χ3n) is 1.06. The fourth-order valence-electron chi connectivity index (χ4n) is 0.440. The van der Waals surface area contributed by atoms with E-state index in [4.69, 9.17) is 0 Å². The van der Waals surface area contributed by atoms with E-state index in [0.29, 0.717) is 0 Å². The second kappa shape index (κ2) is 1.50. The van der Waals surface area contributed by atoms with Crippen LogP contribution in [0.2, 0.25) is 0 Å². The van der Waals surface area contributed by atoms with Gasteiger partial charge in [-0.2, -0.15) is 0 Å². The van der Waals surface area contributed by atoms with Crippen LogP contribution in [0.5, 0.6) is 0 Å². The minimum Gasteiger partial charge on any atom is -0.371 e. The van der Waals surface area contributed by atoms with Crippen molar-refractivity contribution in [2.45, 2.75) is 6.92 Å². The van der Waals surface area contributed by atoms with E-state index < -0.39 is 0 Å². The Morgan fingerprint density at radius 1 is 1.86 bits per heavy atom. The van der Waals surface area contributed by atoms with Crippen LogP contribution in [0.4, 0.5) is 0 Å². The summed E-state index contributed by atoms with van der Waals surface area (Å²) in [5, 5.41) is 0. The van der Waals surface area contributed by atoms with E-state index in [2.05, 4.69) is 9.22 Å². The predicted molar refractivity (Wildman–Crippen MR) is 32.3 cm³/mol. The maximum absolute atomic E-state index is 4.01. The van der Waals surface area contributed by atoms with Crippen LogP contribution >= 0.6 is 0 Å². The van der Waals surface area contributed by atoms with Gasteiger partial charge in [0.1, 0.15) is 10.4 Å². The summed E-state index contributed by atoms with van der Waals surface area (Å²) >= 11 is 0. The third-order valence-corrected chi connectivity index (χ3v) is 2.01. The lowest BCUT2D eigenvalue weighted by Crippen LogP contribution is -1.90. The minimum atomic E-state index is 1.05. The zero-order chi connectivity index (χ0) is 5.28. The van der Waals surface area contributed by atoms with E-state index in [9.17, 15) is 0 Å². The van der Waals surface area contributed by atoms with Crippen molar-refractivity contribution in [1.29, 1.82) is 0 Å². The van der Waals surface area contributed by atoms with Crippen molar-refractivity contribution in [3.05, 3.63) is 18.2 Å². The molecular weight excluding hydrogens is 104 g/mol. The van der Waals surface area contributed by atoms with E-state index in [1.165, 1.54) is 0 Å². The Balaban J connectivity index is 3.12. The lowest BCUT2D eigenvalue weighted by molar-refractivity contribution is 1.08. The van der Waals surface area contributed by atoms with Gasteiger partial charge in [-0.15, -0.1) is 0 Å². The molecule has 0 aromatic carbocycles. The number of aryl methyl sites for hydroxylation is 1. The van der Waals surface area contributed by atoms with Gasteiger partial charge in [0.2, 0.25) is 0 Å². The van der Waals surface area contributed by atoms with Gasteiger partial charge in [-0.3, -0.25) is 0 Å². The Labute approximate surface area is 45.7 Å². The van der Waals surface area contributed by atoms with Gasteiger partial charge < -0.3 is 4.23 Å². The smallest absolute Gasteiger partial charge is 0.114 e. The second-order valence-corrected chi connectivity index (χ2v) is 2.55. The molecule has 7 heavy (non-hydrogen) atoms. The highest BCUT2D eigenvalue weighted by Gasteiger charge is 1.83. The Morgan fingerprint density at radius 2 is 2.57 bits per heavy atom. The van der Waals surface area contributed by atoms with Gasteiger partial charge >= 0.3 is 0 Å². The van der Waals surface area contributed by atoms with Crippen molar-refractivity contribution in [1.82, 2.24) is 9.22 Å². The van der Waals surface area contributed by atoms with Gasteiger partial charge in [0.15, 0.2) is 0 Å². The van der Waals surface area contributed by atoms with Gasteiger partial charge in [-0.25, -0.2) is 4.98 Å². The Hall–Kier alpha value is -0.573. The van der Waals surface area contributed by atoms with Gasteiger partial charge in [0.05, 0.1) is 5.82 Å². The summed E-state index contributed by atoms with van der Waals surface area (Å²) < 4.78 is 2.11. The van der Waals surface area contributed by atoms with Crippen LogP contribution in [-0.2, 0) is 0 Å². The number of nitrogens with zero attached hydrogens (tertiary/aromatic N) is 2. The fourth-order valence-corrected chi connectivity index (χ4v) is 0.689. The molecule has 0 aliphatic heterocycles. The van der Waals surface area contributed by atoms with Gasteiger partial charge in [-0.05, 0) is 6.92 Å². The molecule has 0 radical (unpaired) electrons. The molecule has 0 saturated heterocycles. The van der Waals surface area contributed by atoms with Crippen molar-refractivity contribution in [2.24, 2.45) is 0 Å². The molecule has 0 atom stereocenters. The zero-order valence-corrected chi connectivity index (χ0v) is 6.55. The quantitative estimate of drug-likeness (QED) is 0.407. The minimum absolute atomic E-state index is 1.05. The Morgan fingerprint density at radius 3 is 2.71 bits per heavy atom. The molecule has 0 aliphatic carbocycles. The summed E-state index contributed by atoms with van der Waals surface area (Å²) in [6.45, 7) is 2.01. The molecule has 0 N–H and O–H groups in total. The molecule has 0 amide bonds. The first-order chi connectivity index (χ1) is 3.30. The summed E-state index contributed by atoms with van der Waals surface area (Å²) in [5.74, 6) is 1.12.